The molecule has 88 valence electrons. The number of hydrogen-bond donors (Lipinski definition) is 2. The lowest BCUT2D eigenvalue weighted by molar-refractivity contribution is 0.478. The first-order valence-electron chi connectivity index (χ1n) is 6.20. The summed E-state index contributed by atoms with van der Waals surface area (Å²) < 4.78 is 0. The molecule has 1 heterocycles. The Morgan fingerprint density at radius 1 is 1.44 bits per heavy atom. The van der Waals surface area contributed by atoms with Crippen molar-refractivity contribution >= 4 is 0 Å². The van der Waals surface area contributed by atoms with Crippen LogP contribution in [0.5, 0.6) is 0 Å². The van der Waals surface area contributed by atoms with E-state index in [0.29, 0.717) is 12.0 Å². The van der Waals surface area contributed by atoms with E-state index in [1.165, 1.54) is 16.7 Å². The maximum Gasteiger partial charge on any atom is 0.0208 e. The van der Waals surface area contributed by atoms with E-state index in [1.54, 1.807) is 0 Å². The first-order chi connectivity index (χ1) is 7.66. The number of hydrogen-bond acceptors (Lipinski definition) is 2. The zero-order valence-electron chi connectivity index (χ0n) is 10.5. The molecule has 0 aromatic heterocycles. The van der Waals surface area contributed by atoms with E-state index in [-0.39, 0.29) is 0 Å². The Kier molecular flexibility index (Phi) is 3.62. The van der Waals surface area contributed by atoms with Crippen molar-refractivity contribution in [1.29, 1.82) is 0 Å². The number of aryl methyl sites for hydroxylation is 1. The second-order valence-electron chi connectivity index (χ2n) is 5.09. The quantitative estimate of drug-likeness (QED) is 0.812. The van der Waals surface area contributed by atoms with Crippen LogP contribution in [0.2, 0.25) is 0 Å². The molecule has 1 atom stereocenters. The van der Waals surface area contributed by atoms with Gasteiger partial charge >= 0.3 is 0 Å². The third-order valence-corrected chi connectivity index (χ3v) is 3.22. The van der Waals surface area contributed by atoms with Crippen molar-refractivity contribution in [1.82, 2.24) is 10.6 Å². The van der Waals surface area contributed by atoms with E-state index in [2.05, 4.69) is 49.6 Å². The summed E-state index contributed by atoms with van der Waals surface area (Å²) in [7, 11) is 0. The standard InChI is InChI=1S/C14H22N2/c1-10(2)16-9-13-8-15-7-12-5-4-11(3)6-14(12)13/h4-6,10,13,15-16H,7-9H2,1-3H3. The van der Waals surface area contributed by atoms with Crippen LogP contribution in [0.4, 0.5) is 0 Å². The summed E-state index contributed by atoms with van der Waals surface area (Å²) in [6.45, 7) is 9.77. The first kappa shape index (κ1) is 11.6. The summed E-state index contributed by atoms with van der Waals surface area (Å²) in [4.78, 5) is 0. The molecule has 1 aromatic carbocycles. The highest BCUT2D eigenvalue weighted by Crippen LogP contribution is 2.24. The van der Waals surface area contributed by atoms with E-state index < -0.39 is 0 Å². The van der Waals surface area contributed by atoms with Crippen molar-refractivity contribution in [2.45, 2.75) is 39.3 Å². The highest BCUT2D eigenvalue weighted by Gasteiger charge is 2.19. The lowest BCUT2D eigenvalue weighted by Crippen LogP contribution is -2.36. The van der Waals surface area contributed by atoms with Crippen molar-refractivity contribution in [3.05, 3.63) is 34.9 Å². The molecular weight excluding hydrogens is 196 g/mol. The summed E-state index contributed by atoms with van der Waals surface area (Å²) in [6, 6.07) is 7.39. The van der Waals surface area contributed by atoms with E-state index in [0.717, 1.165) is 19.6 Å². The lowest BCUT2D eigenvalue weighted by atomic mass is 9.89. The van der Waals surface area contributed by atoms with Gasteiger partial charge in [-0.05, 0) is 18.1 Å². The molecule has 2 rings (SSSR count). The van der Waals surface area contributed by atoms with Gasteiger partial charge in [0.15, 0.2) is 0 Å². The average Bonchev–Trinajstić information content (AvgIpc) is 2.26. The van der Waals surface area contributed by atoms with Gasteiger partial charge in [-0.1, -0.05) is 37.6 Å². The average molecular weight is 218 g/mol. The predicted octanol–water partition coefficient (Wildman–Crippen LogP) is 2.18. The number of rotatable bonds is 3. The van der Waals surface area contributed by atoms with Crippen LogP contribution in [0, 0.1) is 6.92 Å². The molecule has 2 nitrogen and oxygen atoms in total. The Hall–Kier alpha value is -0.860. The van der Waals surface area contributed by atoms with E-state index >= 15 is 0 Å². The second-order valence-corrected chi connectivity index (χ2v) is 5.09. The Morgan fingerprint density at radius 3 is 3.00 bits per heavy atom. The largest absolute Gasteiger partial charge is 0.314 e. The minimum absolute atomic E-state index is 0.565. The van der Waals surface area contributed by atoms with Crippen molar-refractivity contribution in [3.63, 3.8) is 0 Å². The molecule has 0 bridgehead atoms. The molecule has 1 aliphatic heterocycles. The monoisotopic (exact) mass is 218 g/mol. The van der Waals surface area contributed by atoms with Crippen LogP contribution < -0.4 is 10.6 Å². The third-order valence-electron chi connectivity index (χ3n) is 3.22. The van der Waals surface area contributed by atoms with Gasteiger partial charge in [0.2, 0.25) is 0 Å². The molecule has 0 spiro atoms. The van der Waals surface area contributed by atoms with Crippen LogP contribution >= 0.6 is 0 Å². The minimum atomic E-state index is 0.565. The molecule has 2 N–H and O–H groups in total. The fraction of sp³-hybridized carbons (Fsp3) is 0.571. The molecule has 1 aliphatic rings. The molecular formula is C14H22N2. The van der Waals surface area contributed by atoms with Crippen molar-refractivity contribution in [2.75, 3.05) is 13.1 Å². The molecule has 0 amide bonds. The second kappa shape index (κ2) is 4.98. The summed E-state index contributed by atoms with van der Waals surface area (Å²) >= 11 is 0. The van der Waals surface area contributed by atoms with Gasteiger partial charge in [-0.25, -0.2) is 0 Å². The lowest BCUT2D eigenvalue weighted by Gasteiger charge is -2.27. The molecule has 0 fully saturated rings. The number of nitrogens with one attached hydrogen (secondary N) is 2. The van der Waals surface area contributed by atoms with Crippen LogP contribution in [-0.2, 0) is 6.54 Å². The maximum atomic E-state index is 3.54. The van der Waals surface area contributed by atoms with Crippen molar-refractivity contribution in [3.8, 4) is 0 Å². The van der Waals surface area contributed by atoms with Crippen LogP contribution in [0.15, 0.2) is 18.2 Å². The Balaban J connectivity index is 2.15. The highest BCUT2D eigenvalue weighted by molar-refractivity contribution is 5.36. The molecule has 0 saturated heterocycles. The summed E-state index contributed by atoms with van der Waals surface area (Å²) in [6.07, 6.45) is 0. The van der Waals surface area contributed by atoms with Crippen molar-refractivity contribution < 1.29 is 0 Å². The van der Waals surface area contributed by atoms with Gasteiger partial charge < -0.3 is 10.6 Å². The topological polar surface area (TPSA) is 24.1 Å². The number of benzene rings is 1. The third kappa shape index (κ3) is 2.63. The summed E-state index contributed by atoms with van der Waals surface area (Å²) in [5, 5.41) is 7.03. The maximum absolute atomic E-state index is 3.54. The molecule has 1 unspecified atom stereocenters. The normalized spacial score (nSPS) is 19.9. The Morgan fingerprint density at radius 2 is 2.25 bits per heavy atom. The van der Waals surface area contributed by atoms with Gasteiger partial charge in [0.1, 0.15) is 0 Å². The molecule has 2 heteroatoms. The Labute approximate surface area is 98.4 Å². The molecule has 0 radical (unpaired) electrons. The fourth-order valence-electron chi connectivity index (χ4n) is 2.31. The van der Waals surface area contributed by atoms with Crippen molar-refractivity contribution in [2.24, 2.45) is 0 Å². The van der Waals surface area contributed by atoms with Gasteiger partial charge in [-0.3, -0.25) is 0 Å². The molecule has 1 aromatic rings. The zero-order valence-corrected chi connectivity index (χ0v) is 10.5. The van der Waals surface area contributed by atoms with Crippen LogP contribution in [0.1, 0.15) is 36.5 Å². The minimum Gasteiger partial charge on any atom is -0.314 e. The van der Waals surface area contributed by atoms with E-state index in [1.807, 2.05) is 0 Å². The van der Waals surface area contributed by atoms with Gasteiger partial charge in [0.05, 0.1) is 0 Å². The summed E-state index contributed by atoms with van der Waals surface area (Å²) in [5.74, 6) is 0.617. The van der Waals surface area contributed by atoms with Crippen LogP contribution in [0.3, 0.4) is 0 Å². The van der Waals surface area contributed by atoms with Crippen LogP contribution in [-0.4, -0.2) is 19.1 Å². The highest BCUT2D eigenvalue weighted by atomic mass is 14.9. The first-order valence-corrected chi connectivity index (χ1v) is 6.20. The molecule has 16 heavy (non-hydrogen) atoms. The molecule has 0 saturated carbocycles. The summed E-state index contributed by atoms with van der Waals surface area (Å²) in [5.41, 5.74) is 4.37. The number of fused-ring (bicyclic) bond motifs is 1. The Bertz CT molecular complexity index is 358. The molecule has 0 aliphatic carbocycles. The van der Waals surface area contributed by atoms with E-state index in [9.17, 15) is 0 Å². The van der Waals surface area contributed by atoms with Gasteiger partial charge in [-0.2, -0.15) is 0 Å². The van der Waals surface area contributed by atoms with Gasteiger partial charge in [0, 0.05) is 31.6 Å². The van der Waals surface area contributed by atoms with Crippen LogP contribution in [0.25, 0.3) is 0 Å². The van der Waals surface area contributed by atoms with Gasteiger partial charge in [0.25, 0.3) is 0 Å². The van der Waals surface area contributed by atoms with Gasteiger partial charge in [-0.15, -0.1) is 0 Å². The zero-order chi connectivity index (χ0) is 11.5. The smallest absolute Gasteiger partial charge is 0.0208 e. The fourth-order valence-corrected chi connectivity index (χ4v) is 2.31. The SMILES string of the molecule is Cc1ccc2c(c1)C(CNC(C)C)CNC2. The van der Waals surface area contributed by atoms with E-state index in [4.69, 9.17) is 0 Å². The predicted molar refractivity (Wildman–Crippen MR) is 68.8 cm³/mol.